The second-order valence-corrected chi connectivity index (χ2v) is 5.70. The van der Waals surface area contributed by atoms with Crippen molar-refractivity contribution >= 4 is 21.8 Å². The minimum atomic E-state index is -4.51. The van der Waals surface area contributed by atoms with Crippen LogP contribution in [0.25, 0.3) is 21.8 Å². The van der Waals surface area contributed by atoms with Crippen LogP contribution in [0, 0.1) is 6.92 Å². The number of hydrogen-bond donors (Lipinski definition) is 2. The molecule has 0 aliphatic rings. The van der Waals surface area contributed by atoms with Crippen molar-refractivity contribution < 1.29 is 18.3 Å². The number of aryl methyl sites for hydroxylation is 1. The van der Waals surface area contributed by atoms with E-state index < -0.39 is 11.9 Å². The number of nitrogens with zero attached hydrogens (tertiary/aromatic N) is 2. The Morgan fingerprint density at radius 2 is 1.96 bits per heavy atom. The van der Waals surface area contributed by atoms with Gasteiger partial charge < -0.3 is 15.0 Å². The lowest BCUT2D eigenvalue weighted by Crippen LogP contribution is -2.23. The molecule has 0 amide bonds. The first-order valence-corrected chi connectivity index (χ1v) is 7.70. The van der Waals surface area contributed by atoms with Crippen LogP contribution in [-0.4, -0.2) is 34.4 Å². The number of aromatic nitrogens is 2. The highest BCUT2D eigenvalue weighted by atomic mass is 19.4. The fourth-order valence-corrected chi connectivity index (χ4v) is 2.99. The second kappa shape index (κ2) is 6.41. The summed E-state index contributed by atoms with van der Waals surface area (Å²) < 4.78 is 41.9. The van der Waals surface area contributed by atoms with E-state index in [4.69, 9.17) is 5.11 Å². The van der Waals surface area contributed by atoms with Crippen LogP contribution in [-0.2, 0) is 12.7 Å². The molecule has 3 rings (SSSR count). The summed E-state index contributed by atoms with van der Waals surface area (Å²) in [6, 6.07) is 7.26. The van der Waals surface area contributed by atoms with Gasteiger partial charge in [-0.25, -0.2) is 4.98 Å². The Hall–Kier alpha value is -2.12. The molecule has 0 radical (unpaired) electrons. The summed E-state index contributed by atoms with van der Waals surface area (Å²) in [7, 11) is 0. The van der Waals surface area contributed by atoms with Gasteiger partial charge in [-0.1, -0.05) is 12.1 Å². The van der Waals surface area contributed by atoms with Crippen LogP contribution >= 0.6 is 0 Å². The lowest BCUT2D eigenvalue weighted by molar-refractivity contribution is -0.140. The number of hydrogen-bond acceptors (Lipinski definition) is 3. The number of rotatable bonds is 5. The number of aliphatic hydroxyl groups is 1. The molecule has 0 saturated heterocycles. The second-order valence-electron chi connectivity index (χ2n) is 5.70. The molecule has 7 heteroatoms. The van der Waals surface area contributed by atoms with Crippen molar-refractivity contribution in [1.82, 2.24) is 14.9 Å². The van der Waals surface area contributed by atoms with Gasteiger partial charge in [-0.2, -0.15) is 13.2 Å². The Balaban J connectivity index is 2.24. The third-order valence-corrected chi connectivity index (χ3v) is 4.00. The molecule has 0 aliphatic heterocycles. The molecule has 24 heavy (non-hydrogen) atoms. The molecule has 0 bridgehead atoms. The minimum Gasteiger partial charge on any atom is -0.395 e. The van der Waals surface area contributed by atoms with E-state index in [1.165, 1.54) is 6.20 Å². The molecule has 2 N–H and O–H groups in total. The SMILES string of the molecule is Cc1ccc2c3ccnc(C(F)(F)F)c3n(CCNCCO)c2c1. The molecule has 128 valence electrons. The van der Waals surface area contributed by atoms with E-state index >= 15 is 0 Å². The Morgan fingerprint density at radius 3 is 2.67 bits per heavy atom. The van der Waals surface area contributed by atoms with Crippen LogP contribution in [0.4, 0.5) is 13.2 Å². The summed E-state index contributed by atoms with van der Waals surface area (Å²) in [5.74, 6) is 0. The number of alkyl halides is 3. The molecule has 0 fully saturated rings. The lowest BCUT2D eigenvalue weighted by Gasteiger charge is -2.12. The van der Waals surface area contributed by atoms with Crippen molar-refractivity contribution in [2.45, 2.75) is 19.6 Å². The maximum atomic E-state index is 13.4. The van der Waals surface area contributed by atoms with Crippen molar-refractivity contribution in [3.8, 4) is 0 Å². The maximum absolute atomic E-state index is 13.4. The third-order valence-electron chi connectivity index (χ3n) is 4.00. The molecule has 0 atom stereocenters. The van der Waals surface area contributed by atoms with Crippen molar-refractivity contribution in [3.63, 3.8) is 0 Å². The molecule has 4 nitrogen and oxygen atoms in total. The van der Waals surface area contributed by atoms with Crippen LogP contribution in [0.2, 0.25) is 0 Å². The summed E-state index contributed by atoms with van der Waals surface area (Å²) in [6.45, 7) is 3.12. The van der Waals surface area contributed by atoms with Gasteiger partial charge in [-0.15, -0.1) is 0 Å². The summed E-state index contributed by atoms with van der Waals surface area (Å²) >= 11 is 0. The molecule has 2 aromatic heterocycles. The number of aliphatic hydroxyl groups excluding tert-OH is 1. The monoisotopic (exact) mass is 337 g/mol. The Bertz CT molecular complexity index is 871. The molecular weight excluding hydrogens is 319 g/mol. The fourth-order valence-electron chi connectivity index (χ4n) is 2.99. The predicted molar refractivity (Wildman–Crippen MR) is 86.9 cm³/mol. The Morgan fingerprint density at radius 1 is 1.17 bits per heavy atom. The molecular formula is C17H18F3N3O. The molecule has 0 aliphatic carbocycles. The van der Waals surface area contributed by atoms with Crippen LogP contribution < -0.4 is 5.32 Å². The highest BCUT2D eigenvalue weighted by molar-refractivity contribution is 6.09. The van der Waals surface area contributed by atoms with Crippen molar-refractivity contribution in [2.75, 3.05) is 19.7 Å². The molecule has 0 spiro atoms. The molecule has 2 heterocycles. The van der Waals surface area contributed by atoms with Gasteiger partial charge in [0.2, 0.25) is 0 Å². The Kier molecular flexibility index (Phi) is 4.47. The lowest BCUT2D eigenvalue weighted by atomic mass is 10.1. The fraction of sp³-hybridized carbons (Fsp3) is 0.353. The average Bonchev–Trinajstić information content (AvgIpc) is 2.84. The van der Waals surface area contributed by atoms with E-state index in [9.17, 15) is 13.2 Å². The standard InChI is InChI=1S/C17H18F3N3O/c1-11-2-3-12-13-4-5-22-16(17(18,19)20)15(13)23(14(12)10-11)8-6-21-7-9-24/h2-5,10,21,24H,6-9H2,1H3. The zero-order chi connectivity index (χ0) is 17.3. The topological polar surface area (TPSA) is 50.1 Å². The van der Waals surface area contributed by atoms with Gasteiger partial charge in [0.15, 0.2) is 5.69 Å². The zero-order valence-corrected chi connectivity index (χ0v) is 13.2. The number of halogens is 3. The van der Waals surface area contributed by atoms with Crippen LogP contribution in [0.5, 0.6) is 0 Å². The smallest absolute Gasteiger partial charge is 0.395 e. The van der Waals surface area contributed by atoms with E-state index in [0.29, 0.717) is 25.0 Å². The van der Waals surface area contributed by atoms with Crippen molar-refractivity contribution in [1.29, 1.82) is 0 Å². The number of nitrogens with one attached hydrogen (secondary N) is 1. The largest absolute Gasteiger partial charge is 0.435 e. The third kappa shape index (κ3) is 2.97. The Labute approximate surface area is 136 Å². The summed E-state index contributed by atoms with van der Waals surface area (Å²) in [4.78, 5) is 3.59. The first kappa shape index (κ1) is 16.7. The van der Waals surface area contributed by atoms with Gasteiger partial charge >= 0.3 is 6.18 Å². The number of pyridine rings is 1. The highest BCUT2D eigenvalue weighted by Crippen LogP contribution is 2.37. The predicted octanol–water partition coefficient (Wildman–Crippen LogP) is 3.10. The molecule has 3 aromatic rings. The van der Waals surface area contributed by atoms with Gasteiger partial charge in [0.1, 0.15) is 0 Å². The van der Waals surface area contributed by atoms with Crippen LogP contribution in [0.3, 0.4) is 0 Å². The maximum Gasteiger partial charge on any atom is 0.435 e. The first-order chi connectivity index (χ1) is 11.4. The zero-order valence-electron chi connectivity index (χ0n) is 13.2. The summed E-state index contributed by atoms with van der Waals surface area (Å²) in [5, 5.41) is 13.2. The van der Waals surface area contributed by atoms with Crippen LogP contribution in [0.1, 0.15) is 11.3 Å². The number of benzene rings is 1. The van der Waals surface area contributed by atoms with Gasteiger partial charge in [-0.05, 0) is 24.6 Å². The average molecular weight is 337 g/mol. The first-order valence-electron chi connectivity index (χ1n) is 7.70. The highest BCUT2D eigenvalue weighted by Gasteiger charge is 2.36. The van der Waals surface area contributed by atoms with E-state index in [1.54, 1.807) is 10.6 Å². The van der Waals surface area contributed by atoms with E-state index in [0.717, 1.165) is 16.5 Å². The van der Waals surface area contributed by atoms with Gasteiger partial charge in [0.05, 0.1) is 12.1 Å². The summed E-state index contributed by atoms with van der Waals surface area (Å²) in [6.07, 6.45) is -3.31. The van der Waals surface area contributed by atoms with E-state index in [2.05, 4.69) is 10.3 Å². The molecule has 0 saturated carbocycles. The van der Waals surface area contributed by atoms with E-state index in [-0.39, 0.29) is 12.1 Å². The van der Waals surface area contributed by atoms with Crippen molar-refractivity contribution in [2.24, 2.45) is 0 Å². The normalized spacial score (nSPS) is 12.4. The van der Waals surface area contributed by atoms with Crippen molar-refractivity contribution in [3.05, 3.63) is 41.7 Å². The summed E-state index contributed by atoms with van der Waals surface area (Å²) in [5.41, 5.74) is 0.984. The minimum absolute atomic E-state index is 0.0123. The quantitative estimate of drug-likeness (QED) is 0.704. The van der Waals surface area contributed by atoms with Gasteiger partial charge in [0.25, 0.3) is 0 Å². The molecule has 1 aromatic carbocycles. The van der Waals surface area contributed by atoms with Gasteiger partial charge in [-0.3, -0.25) is 0 Å². The van der Waals surface area contributed by atoms with E-state index in [1.807, 2.05) is 25.1 Å². The number of fused-ring (bicyclic) bond motifs is 3. The van der Waals surface area contributed by atoms with Crippen LogP contribution in [0.15, 0.2) is 30.5 Å². The molecule has 0 unspecified atom stereocenters. The van der Waals surface area contributed by atoms with Gasteiger partial charge in [0, 0.05) is 42.1 Å².